The SMILES string of the molecule is CCOC(=O)CCN(C)CC(C)(C)C(=O)OC. The fraction of sp³-hybridized carbons (Fsp3) is 0.833. The van der Waals surface area contributed by atoms with Gasteiger partial charge in [0.15, 0.2) is 0 Å². The average Bonchev–Trinajstić information content (AvgIpc) is 2.25. The summed E-state index contributed by atoms with van der Waals surface area (Å²) in [4.78, 5) is 24.6. The fourth-order valence-electron chi connectivity index (χ4n) is 1.61. The van der Waals surface area contributed by atoms with E-state index in [1.807, 2.05) is 25.8 Å². The van der Waals surface area contributed by atoms with Gasteiger partial charge in [0.2, 0.25) is 0 Å². The number of hydrogen-bond donors (Lipinski definition) is 0. The predicted molar refractivity (Wildman–Crippen MR) is 64.5 cm³/mol. The molecule has 0 atom stereocenters. The Morgan fingerprint density at radius 1 is 1.29 bits per heavy atom. The van der Waals surface area contributed by atoms with Gasteiger partial charge in [0, 0.05) is 13.1 Å². The van der Waals surface area contributed by atoms with Crippen LogP contribution in [0.25, 0.3) is 0 Å². The highest BCUT2D eigenvalue weighted by Crippen LogP contribution is 2.18. The number of methoxy groups -OCH3 is 1. The largest absolute Gasteiger partial charge is 0.469 e. The number of carbonyl (C=O) groups excluding carboxylic acids is 2. The molecule has 0 bridgehead atoms. The highest BCUT2D eigenvalue weighted by Gasteiger charge is 2.30. The van der Waals surface area contributed by atoms with Crippen molar-refractivity contribution in [2.45, 2.75) is 27.2 Å². The lowest BCUT2D eigenvalue weighted by Crippen LogP contribution is -2.38. The molecule has 0 heterocycles. The summed E-state index contributed by atoms with van der Waals surface area (Å²) in [5.74, 6) is -0.462. The molecule has 5 nitrogen and oxygen atoms in total. The van der Waals surface area contributed by atoms with Crippen LogP contribution in [0, 0.1) is 5.41 Å². The van der Waals surface area contributed by atoms with Crippen LogP contribution in [-0.2, 0) is 19.1 Å². The van der Waals surface area contributed by atoms with Crippen LogP contribution in [0.2, 0.25) is 0 Å². The third-order valence-electron chi connectivity index (χ3n) is 2.41. The van der Waals surface area contributed by atoms with Crippen LogP contribution in [-0.4, -0.2) is 50.7 Å². The molecule has 0 saturated heterocycles. The monoisotopic (exact) mass is 245 g/mol. The molecule has 0 spiro atoms. The molecule has 0 amide bonds. The topological polar surface area (TPSA) is 55.8 Å². The molecule has 0 N–H and O–H groups in total. The molecule has 0 fully saturated rings. The van der Waals surface area contributed by atoms with Crippen molar-refractivity contribution in [3.8, 4) is 0 Å². The Kier molecular flexibility index (Phi) is 6.80. The van der Waals surface area contributed by atoms with Gasteiger partial charge in [-0.2, -0.15) is 0 Å². The molecule has 100 valence electrons. The second-order valence-electron chi connectivity index (χ2n) is 4.67. The van der Waals surface area contributed by atoms with Crippen LogP contribution in [0.15, 0.2) is 0 Å². The van der Waals surface area contributed by atoms with Gasteiger partial charge in [-0.15, -0.1) is 0 Å². The van der Waals surface area contributed by atoms with Gasteiger partial charge in [-0.3, -0.25) is 9.59 Å². The van der Waals surface area contributed by atoms with Crippen molar-refractivity contribution < 1.29 is 19.1 Å². The Labute approximate surface area is 103 Å². The quantitative estimate of drug-likeness (QED) is 0.628. The van der Waals surface area contributed by atoms with Crippen molar-refractivity contribution in [3.05, 3.63) is 0 Å². The van der Waals surface area contributed by atoms with E-state index in [0.29, 0.717) is 26.1 Å². The molecule has 0 rings (SSSR count). The molecule has 0 aliphatic rings. The lowest BCUT2D eigenvalue weighted by Gasteiger charge is -2.27. The van der Waals surface area contributed by atoms with E-state index in [-0.39, 0.29) is 11.9 Å². The number of esters is 2. The second-order valence-corrected chi connectivity index (χ2v) is 4.67. The average molecular weight is 245 g/mol. The third-order valence-corrected chi connectivity index (χ3v) is 2.41. The minimum atomic E-state index is -0.571. The molecule has 0 aliphatic heterocycles. The van der Waals surface area contributed by atoms with Gasteiger partial charge in [-0.1, -0.05) is 0 Å². The Bertz CT molecular complexity index is 263. The van der Waals surface area contributed by atoms with Crippen LogP contribution in [0.5, 0.6) is 0 Å². The summed E-state index contributed by atoms with van der Waals surface area (Å²) < 4.78 is 9.56. The van der Waals surface area contributed by atoms with E-state index < -0.39 is 5.41 Å². The number of rotatable bonds is 7. The molecule has 17 heavy (non-hydrogen) atoms. The molecule has 0 unspecified atom stereocenters. The van der Waals surface area contributed by atoms with Crippen LogP contribution < -0.4 is 0 Å². The van der Waals surface area contributed by atoms with Crippen molar-refractivity contribution in [3.63, 3.8) is 0 Å². The van der Waals surface area contributed by atoms with Crippen molar-refractivity contribution in [2.75, 3.05) is 33.9 Å². The maximum Gasteiger partial charge on any atom is 0.312 e. The van der Waals surface area contributed by atoms with Crippen molar-refractivity contribution in [1.82, 2.24) is 4.90 Å². The summed E-state index contributed by atoms with van der Waals surface area (Å²) in [6.45, 7) is 6.93. The van der Waals surface area contributed by atoms with Gasteiger partial charge in [-0.05, 0) is 27.8 Å². The van der Waals surface area contributed by atoms with Crippen molar-refractivity contribution >= 4 is 11.9 Å². The first-order chi connectivity index (χ1) is 7.83. The molecular formula is C12H23NO4. The van der Waals surface area contributed by atoms with E-state index in [9.17, 15) is 9.59 Å². The zero-order chi connectivity index (χ0) is 13.5. The van der Waals surface area contributed by atoms with E-state index in [0.717, 1.165) is 0 Å². The minimum Gasteiger partial charge on any atom is -0.469 e. The van der Waals surface area contributed by atoms with Crippen LogP contribution in [0.1, 0.15) is 27.2 Å². The number of hydrogen-bond acceptors (Lipinski definition) is 5. The lowest BCUT2D eigenvalue weighted by molar-refractivity contribution is -0.151. The normalized spacial score (nSPS) is 11.4. The summed E-state index contributed by atoms with van der Waals surface area (Å²) in [6, 6.07) is 0. The molecule has 0 radical (unpaired) electrons. The molecular weight excluding hydrogens is 222 g/mol. The summed E-state index contributed by atoms with van der Waals surface area (Å²) in [5, 5.41) is 0. The van der Waals surface area contributed by atoms with Gasteiger partial charge < -0.3 is 14.4 Å². The van der Waals surface area contributed by atoms with Gasteiger partial charge in [-0.25, -0.2) is 0 Å². The highest BCUT2D eigenvalue weighted by atomic mass is 16.5. The second kappa shape index (κ2) is 7.27. The van der Waals surface area contributed by atoms with Crippen LogP contribution in [0.3, 0.4) is 0 Å². The van der Waals surface area contributed by atoms with E-state index in [4.69, 9.17) is 9.47 Å². The summed E-state index contributed by atoms with van der Waals surface area (Å²) in [5.41, 5.74) is -0.571. The molecule has 0 aliphatic carbocycles. The van der Waals surface area contributed by atoms with Gasteiger partial charge in [0.25, 0.3) is 0 Å². The predicted octanol–water partition coefficient (Wildman–Crippen LogP) is 1.07. The lowest BCUT2D eigenvalue weighted by atomic mass is 9.93. The minimum absolute atomic E-state index is 0.213. The summed E-state index contributed by atoms with van der Waals surface area (Å²) >= 11 is 0. The Hall–Kier alpha value is -1.10. The highest BCUT2D eigenvalue weighted by molar-refractivity contribution is 5.76. The fourth-order valence-corrected chi connectivity index (χ4v) is 1.61. The van der Waals surface area contributed by atoms with Gasteiger partial charge in [0.05, 0.1) is 25.6 Å². The number of nitrogens with zero attached hydrogens (tertiary/aromatic N) is 1. The van der Waals surface area contributed by atoms with Crippen molar-refractivity contribution in [1.29, 1.82) is 0 Å². The third kappa shape index (κ3) is 6.26. The van der Waals surface area contributed by atoms with E-state index >= 15 is 0 Å². The number of carbonyl (C=O) groups is 2. The van der Waals surface area contributed by atoms with Gasteiger partial charge in [0.1, 0.15) is 0 Å². The zero-order valence-corrected chi connectivity index (χ0v) is 11.4. The zero-order valence-electron chi connectivity index (χ0n) is 11.4. The Balaban J connectivity index is 4.05. The molecule has 0 aromatic rings. The Morgan fingerprint density at radius 3 is 2.35 bits per heavy atom. The van der Waals surface area contributed by atoms with E-state index in [2.05, 4.69) is 0 Å². The summed E-state index contributed by atoms with van der Waals surface area (Å²) in [6.07, 6.45) is 0.335. The maximum atomic E-state index is 11.5. The first-order valence-electron chi connectivity index (χ1n) is 5.76. The van der Waals surface area contributed by atoms with E-state index in [1.54, 1.807) is 6.92 Å². The first-order valence-corrected chi connectivity index (χ1v) is 5.76. The van der Waals surface area contributed by atoms with Crippen molar-refractivity contribution in [2.24, 2.45) is 5.41 Å². The standard InChI is InChI=1S/C12H23NO4/c1-6-17-10(14)7-8-13(4)9-12(2,3)11(15)16-5/h6-9H2,1-5H3. The Morgan fingerprint density at radius 2 is 1.88 bits per heavy atom. The van der Waals surface area contributed by atoms with E-state index in [1.165, 1.54) is 7.11 Å². The molecule has 0 saturated carbocycles. The number of ether oxygens (including phenoxy) is 2. The van der Waals surface area contributed by atoms with Gasteiger partial charge >= 0.3 is 11.9 Å². The molecule has 0 aromatic heterocycles. The van der Waals surface area contributed by atoms with Crippen LogP contribution in [0.4, 0.5) is 0 Å². The molecule has 0 aromatic carbocycles. The molecule has 5 heteroatoms. The smallest absolute Gasteiger partial charge is 0.312 e. The first kappa shape index (κ1) is 15.9. The maximum absolute atomic E-state index is 11.5. The summed E-state index contributed by atoms with van der Waals surface area (Å²) in [7, 11) is 3.24. The van der Waals surface area contributed by atoms with Crippen LogP contribution >= 0.6 is 0 Å².